The van der Waals surface area contributed by atoms with Crippen LogP contribution >= 0.6 is 11.8 Å². The molecule has 3 heteroatoms. The Hall–Kier alpha value is -1.19. The van der Waals surface area contributed by atoms with E-state index in [1.54, 1.807) is 11.8 Å². The van der Waals surface area contributed by atoms with E-state index in [1.807, 2.05) is 0 Å². The Morgan fingerprint density at radius 2 is 2.30 bits per heavy atom. The van der Waals surface area contributed by atoms with Crippen molar-refractivity contribution in [2.24, 2.45) is 0 Å². The van der Waals surface area contributed by atoms with E-state index in [2.05, 4.69) is 55.3 Å². The maximum absolute atomic E-state index is 5.61. The molecule has 20 heavy (non-hydrogen) atoms. The molecule has 4 rings (SSSR count). The maximum atomic E-state index is 5.61. The zero-order valence-corrected chi connectivity index (χ0v) is 12.7. The summed E-state index contributed by atoms with van der Waals surface area (Å²) < 4.78 is 5.61. The van der Waals surface area contributed by atoms with E-state index in [0.717, 1.165) is 18.2 Å². The lowest BCUT2D eigenvalue weighted by atomic mass is 9.71. The summed E-state index contributed by atoms with van der Waals surface area (Å²) in [6, 6.07) is 7.24. The summed E-state index contributed by atoms with van der Waals surface area (Å²) in [5.74, 6) is 1.80. The number of hydrogen-bond donors (Lipinski definition) is 0. The van der Waals surface area contributed by atoms with Gasteiger partial charge in [-0.15, -0.1) is 0 Å². The van der Waals surface area contributed by atoms with Crippen LogP contribution in [0.2, 0.25) is 0 Å². The first-order chi connectivity index (χ1) is 9.69. The van der Waals surface area contributed by atoms with Crippen LogP contribution in [0.4, 0.5) is 0 Å². The molecule has 1 fully saturated rings. The Bertz CT molecular complexity index is 621. The second-order valence-corrected chi connectivity index (χ2v) is 6.99. The van der Waals surface area contributed by atoms with Crippen molar-refractivity contribution in [3.05, 3.63) is 47.6 Å². The van der Waals surface area contributed by atoms with Crippen LogP contribution in [0.15, 0.2) is 46.9 Å². The molecule has 0 spiro atoms. The van der Waals surface area contributed by atoms with E-state index >= 15 is 0 Å². The Labute approximate surface area is 124 Å². The zero-order valence-electron chi connectivity index (χ0n) is 11.9. The van der Waals surface area contributed by atoms with Crippen LogP contribution in [0.1, 0.15) is 18.9 Å². The minimum Gasteiger partial charge on any atom is -0.481 e. The highest BCUT2D eigenvalue weighted by atomic mass is 32.2. The summed E-state index contributed by atoms with van der Waals surface area (Å²) in [6.45, 7) is 3.35. The number of fused-ring (bicyclic) bond motifs is 2. The lowest BCUT2D eigenvalue weighted by Crippen LogP contribution is -2.39. The summed E-state index contributed by atoms with van der Waals surface area (Å²) in [5, 5.41) is 0. The van der Waals surface area contributed by atoms with Crippen LogP contribution in [-0.4, -0.2) is 30.5 Å². The standard InChI is InChI=1S/C17H19NOS/c1-12-5-6-17(7-8-18(2)16(17)9-12)13-3-4-14-15(10-13)20-11-19-14/h3-6,9-10,16H,7-8,11H2,1-2H3/t16-,17-/m0/s1. The molecule has 104 valence electrons. The number of likely N-dealkylation sites (N-methyl/N-ethyl adjacent to an activating group) is 1. The van der Waals surface area contributed by atoms with Gasteiger partial charge >= 0.3 is 0 Å². The molecule has 0 unspecified atom stereocenters. The molecule has 0 radical (unpaired) electrons. The van der Waals surface area contributed by atoms with E-state index < -0.39 is 0 Å². The minimum absolute atomic E-state index is 0.145. The molecule has 0 aromatic heterocycles. The third-order valence-electron chi connectivity index (χ3n) is 4.86. The van der Waals surface area contributed by atoms with E-state index in [-0.39, 0.29) is 5.41 Å². The summed E-state index contributed by atoms with van der Waals surface area (Å²) in [5.41, 5.74) is 2.95. The van der Waals surface area contributed by atoms with Gasteiger partial charge in [-0.2, -0.15) is 0 Å². The third-order valence-corrected chi connectivity index (χ3v) is 5.72. The molecule has 2 heterocycles. The molecule has 2 atom stereocenters. The second kappa shape index (κ2) is 4.40. The van der Waals surface area contributed by atoms with Crippen molar-refractivity contribution in [3.63, 3.8) is 0 Å². The monoisotopic (exact) mass is 285 g/mol. The highest BCUT2D eigenvalue weighted by Gasteiger charge is 2.45. The number of hydrogen-bond acceptors (Lipinski definition) is 3. The van der Waals surface area contributed by atoms with Crippen molar-refractivity contribution in [2.45, 2.75) is 29.7 Å². The average molecular weight is 285 g/mol. The summed E-state index contributed by atoms with van der Waals surface area (Å²) >= 11 is 1.80. The highest BCUT2D eigenvalue weighted by Crippen LogP contribution is 2.47. The first-order valence-electron chi connectivity index (χ1n) is 7.17. The van der Waals surface area contributed by atoms with Crippen molar-refractivity contribution in [2.75, 3.05) is 19.5 Å². The second-order valence-electron chi connectivity index (χ2n) is 6.03. The Balaban J connectivity index is 1.82. The molecule has 1 aromatic carbocycles. The topological polar surface area (TPSA) is 12.5 Å². The molecule has 1 aliphatic carbocycles. The largest absolute Gasteiger partial charge is 0.481 e. The molecule has 3 aliphatic rings. The van der Waals surface area contributed by atoms with Gasteiger partial charge in [0, 0.05) is 11.5 Å². The van der Waals surface area contributed by atoms with Gasteiger partial charge in [-0.3, -0.25) is 4.90 Å². The number of likely N-dealkylation sites (tertiary alicyclic amines) is 1. The van der Waals surface area contributed by atoms with Crippen LogP contribution in [-0.2, 0) is 5.41 Å². The van der Waals surface area contributed by atoms with Gasteiger partial charge in [0.05, 0.1) is 4.90 Å². The van der Waals surface area contributed by atoms with Crippen LogP contribution in [0.5, 0.6) is 5.75 Å². The van der Waals surface area contributed by atoms with Gasteiger partial charge < -0.3 is 4.74 Å². The van der Waals surface area contributed by atoms with Gasteiger partial charge in [0.2, 0.25) is 0 Å². The van der Waals surface area contributed by atoms with E-state index in [0.29, 0.717) is 6.04 Å². The molecule has 2 nitrogen and oxygen atoms in total. The molecule has 0 N–H and O–H groups in total. The highest BCUT2D eigenvalue weighted by molar-refractivity contribution is 7.99. The van der Waals surface area contributed by atoms with Gasteiger partial charge in [-0.05, 0) is 44.6 Å². The normalized spacial score (nSPS) is 31.7. The number of nitrogens with zero attached hydrogens (tertiary/aromatic N) is 1. The Morgan fingerprint density at radius 1 is 1.40 bits per heavy atom. The maximum Gasteiger partial charge on any atom is 0.138 e. The average Bonchev–Trinajstić information content (AvgIpc) is 3.04. The SMILES string of the molecule is CC1=C[C@@H]2N(C)CC[C@]2(c2ccc3c(c2)SCO3)C=C1. The quantitative estimate of drug-likeness (QED) is 0.782. The number of rotatable bonds is 1. The lowest BCUT2D eigenvalue weighted by Gasteiger charge is -2.36. The predicted molar refractivity (Wildman–Crippen MR) is 83.4 cm³/mol. The van der Waals surface area contributed by atoms with Crippen molar-refractivity contribution in [1.82, 2.24) is 4.90 Å². The summed E-state index contributed by atoms with van der Waals surface area (Å²) in [4.78, 5) is 3.77. The number of benzene rings is 1. The molecule has 0 amide bonds. The molecule has 1 saturated heterocycles. The van der Waals surface area contributed by atoms with Gasteiger partial charge in [-0.1, -0.05) is 41.6 Å². The van der Waals surface area contributed by atoms with Crippen LogP contribution < -0.4 is 4.74 Å². The lowest BCUT2D eigenvalue weighted by molar-refractivity contribution is 0.317. The van der Waals surface area contributed by atoms with Crippen molar-refractivity contribution in [1.29, 1.82) is 0 Å². The van der Waals surface area contributed by atoms with Crippen LogP contribution in [0.3, 0.4) is 0 Å². The fraction of sp³-hybridized carbons (Fsp3) is 0.412. The van der Waals surface area contributed by atoms with Gasteiger partial charge in [-0.25, -0.2) is 0 Å². The zero-order chi connectivity index (χ0) is 13.7. The number of allylic oxidation sites excluding steroid dienone is 2. The molecule has 0 saturated carbocycles. The third kappa shape index (κ3) is 1.69. The molecular formula is C17H19NOS. The first-order valence-corrected chi connectivity index (χ1v) is 8.16. The fourth-order valence-corrected chi connectivity index (χ4v) is 4.47. The van der Waals surface area contributed by atoms with Crippen molar-refractivity contribution >= 4 is 11.8 Å². The van der Waals surface area contributed by atoms with Gasteiger partial charge in [0.15, 0.2) is 0 Å². The van der Waals surface area contributed by atoms with Crippen molar-refractivity contribution in [3.8, 4) is 5.75 Å². The number of thioether (sulfide) groups is 1. The van der Waals surface area contributed by atoms with Crippen LogP contribution in [0.25, 0.3) is 0 Å². The molecular weight excluding hydrogens is 266 g/mol. The molecule has 2 aliphatic heterocycles. The number of ether oxygens (including phenoxy) is 1. The van der Waals surface area contributed by atoms with Gasteiger partial charge in [0.25, 0.3) is 0 Å². The molecule has 0 bridgehead atoms. The first kappa shape index (κ1) is 12.5. The van der Waals surface area contributed by atoms with E-state index in [9.17, 15) is 0 Å². The van der Waals surface area contributed by atoms with Crippen molar-refractivity contribution < 1.29 is 4.74 Å². The van der Waals surface area contributed by atoms with Crippen LogP contribution in [0, 0.1) is 0 Å². The summed E-state index contributed by atoms with van der Waals surface area (Å²) in [7, 11) is 2.24. The van der Waals surface area contributed by atoms with Gasteiger partial charge in [0.1, 0.15) is 11.7 Å². The Morgan fingerprint density at radius 3 is 3.20 bits per heavy atom. The summed E-state index contributed by atoms with van der Waals surface area (Å²) in [6.07, 6.45) is 8.33. The molecule has 1 aromatic rings. The smallest absolute Gasteiger partial charge is 0.138 e. The minimum atomic E-state index is 0.145. The Kier molecular flexibility index (Phi) is 2.76. The predicted octanol–water partition coefficient (Wildman–Crippen LogP) is 3.59. The fourth-order valence-electron chi connectivity index (χ4n) is 3.68. The van der Waals surface area contributed by atoms with E-state index in [4.69, 9.17) is 4.74 Å². The van der Waals surface area contributed by atoms with E-state index in [1.165, 1.54) is 22.5 Å².